The molecule has 0 spiro atoms. The molecule has 0 aliphatic carbocycles. The van der Waals surface area contributed by atoms with Crippen LogP contribution in [-0.4, -0.2) is 22.7 Å². The van der Waals surface area contributed by atoms with Gasteiger partial charge in [-0.2, -0.15) is 0 Å². The second-order valence-electron chi connectivity index (χ2n) is 7.40. The van der Waals surface area contributed by atoms with Gasteiger partial charge in [0.05, 0.1) is 20.9 Å². The molecule has 4 rings (SSSR count). The van der Waals surface area contributed by atoms with Crippen LogP contribution in [0.5, 0.6) is 0 Å². The van der Waals surface area contributed by atoms with Gasteiger partial charge in [0.2, 0.25) is 17.7 Å². The average molecular weight is 422 g/mol. The zero-order valence-electron chi connectivity index (χ0n) is 16.8. The second-order valence-corrected chi connectivity index (χ2v) is 8.52. The van der Waals surface area contributed by atoms with Gasteiger partial charge in [-0.1, -0.05) is 18.2 Å². The number of rotatable bonds is 7. The molecule has 0 atom stereocenters. The summed E-state index contributed by atoms with van der Waals surface area (Å²) >= 11 is 1.70. The van der Waals surface area contributed by atoms with Crippen molar-refractivity contribution in [3.63, 3.8) is 0 Å². The van der Waals surface area contributed by atoms with Gasteiger partial charge in [-0.3, -0.25) is 19.3 Å². The first-order chi connectivity index (χ1) is 14.5. The van der Waals surface area contributed by atoms with Crippen LogP contribution in [0.2, 0.25) is 0 Å². The van der Waals surface area contributed by atoms with E-state index in [1.165, 1.54) is 9.60 Å². The predicted octanol–water partition coefficient (Wildman–Crippen LogP) is 4.61. The van der Waals surface area contributed by atoms with E-state index in [0.717, 1.165) is 35.4 Å². The molecule has 6 nitrogen and oxygen atoms in total. The van der Waals surface area contributed by atoms with Crippen molar-refractivity contribution in [1.29, 1.82) is 0 Å². The highest BCUT2D eigenvalue weighted by atomic mass is 32.1. The first kappa shape index (κ1) is 20.2. The average Bonchev–Trinajstić information content (AvgIpc) is 3.29. The number of hydrogen-bond donors (Lipinski definition) is 1. The van der Waals surface area contributed by atoms with Gasteiger partial charge in [0, 0.05) is 24.9 Å². The van der Waals surface area contributed by atoms with Gasteiger partial charge in [0.15, 0.2) is 0 Å². The van der Waals surface area contributed by atoms with E-state index in [2.05, 4.69) is 16.4 Å². The van der Waals surface area contributed by atoms with Gasteiger partial charge in [0.1, 0.15) is 0 Å². The summed E-state index contributed by atoms with van der Waals surface area (Å²) in [6, 6.07) is 13.4. The SMILES string of the molecule is Cc1c(NC(=O)CCCCc2nc3ccccc3s2)cccc1N1C(=O)CCC1=O. The molecule has 1 saturated heterocycles. The van der Waals surface area contributed by atoms with Crippen molar-refractivity contribution >= 4 is 50.6 Å². The molecule has 7 heteroatoms. The number of carbonyl (C=O) groups excluding carboxylic acids is 3. The normalized spacial score (nSPS) is 14.0. The van der Waals surface area contributed by atoms with Gasteiger partial charge >= 0.3 is 0 Å². The summed E-state index contributed by atoms with van der Waals surface area (Å²) in [7, 11) is 0. The predicted molar refractivity (Wildman–Crippen MR) is 119 cm³/mol. The third-order valence-electron chi connectivity index (χ3n) is 5.25. The minimum Gasteiger partial charge on any atom is -0.326 e. The Kier molecular flexibility index (Phi) is 5.90. The number of amides is 3. The highest BCUT2D eigenvalue weighted by molar-refractivity contribution is 7.18. The van der Waals surface area contributed by atoms with Gasteiger partial charge < -0.3 is 5.32 Å². The van der Waals surface area contributed by atoms with Crippen LogP contribution in [-0.2, 0) is 20.8 Å². The number of nitrogens with one attached hydrogen (secondary N) is 1. The summed E-state index contributed by atoms with van der Waals surface area (Å²) in [5.74, 6) is -0.457. The Balaban J connectivity index is 1.31. The van der Waals surface area contributed by atoms with Gasteiger partial charge in [-0.05, 0) is 56.0 Å². The minimum atomic E-state index is -0.193. The number of fused-ring (bicyclic) bond motifs is 1. The second kappa shape index (κ2) is 8.75. The molecule has 0 saturated carbocycles. The number of anilines is 2. The number of aryl methyl sites for hydroxylation is 1. The molecule has 1 N–H and O–H groups in total. The number of hydrogen-bond acceptors (Lipinski definition) is 5. The van der Waals surface area contributed by atoms with Crippen LogP contribution >= 0.6 is 11.3 Å². The van der Waals surface area contributed by atoms with Gasteiger partial charge in [-0.15, -0.1) is 11.3 Å². The maximum Gasteiger partial charge on any atom is 0.234 e. The molecule has 1 aliphatic rings. The number of para-hydroxylation sites is 1. The van der Waals surface area contributed by atoms with Gasteiger partial charge in [-0.25, -0.2) is 4.98 Å². The molecule has 1 aliphatic heterocycles. The first-order valence-electron chi connectivity index (χ1n) is 10.1. The molecular weight excluding hydrogens is 398 g/mol. The minimum absolute atomic E-state index is 0.0707. The fourth-order valence-electron chi connectivity index (χ4n) is 3.65. The van der Waals surface area contributed by atoms with E-state index in [4.69, 9.17) is 0 Å². The number of benzene rings is 2. The van der Waals surface area contributed by atoms with Crippen molar-refractivity contribution in [1.82, 2.24) is 4.98 Å². The van der Waals surface area contributed by atoms with Gasteiger partial charge in [0.25, 0.3) is 0 Å². The molecule has 154 valence electrons. The van der Waals surface area contributed by atoms with E-state index >= 15 is 0 Å². The fraction of sp³-hybridized carbons (Fsp3) is 0.304. The number of imide groups is 1. The Hall–Kier alpha value is -3.06. The number of carbonyl (C=O) groups is 3. The molecule has 3 amide bonds. The maximum absolute atomic E-state index is 12.4. The Labute approximate surface area is 178 Å². The van der Waals surface area contributed by atoms with Crippen molar-refractivity contribution in [3.05, 3.63) is 53.0 Å². The number of unbranched alkanes of at least 4 members (excludes halogenated alkanes) is 1. The van der Waals surface area contributed by atoms with Crippen molar-refractivity contribution < 1.29 is 14.4 Å². The summed E-state index contributed by atoms with van der Waals surface area (Å²) in [6.07, 6.45) is 3.41. The lowest BCUT2D eigenvalue weighted by molar-refractivity contribution is -0.121. The topological polar surface area (TPSA) is 79.4 Å². The summed E-state index contributed by atoms with van der Waals surface area (Å²) in [5, 5.41) is 4.02. The van der Waals surface area contributed by atoms with Crippen molar-refractivity contribution in [3.8, 4) is 0 Å². The van der Waals surface area contributed by atoms with Crippen LogP contribution < -0.4 is 10.2 Å². The Morgan fingerprint density at radius 2 is 1.83 bits per heavy atom. The Morgan fingerprint density at radius 3 is 2.60 bits per heavy atom. The molecule has 3 aromatic rings. The molecule has 0 radical (unpaired) electrons. The third kappa shape index (κ3) is 4.26. The van der Waals surface area contributed by atoms with Crippen molar-refractivity contribution in [2.45, 2.75) is 45.4 Å². The highest BCUT2D eigenvalue weighted by Crippen LogP contribution is 2.30. The van der Waals surface area contributed by atoms with E-state index in [1.54, 1.807) is 29.5 Å². The number of aromatic nitrogens is 1. The summed E-state index contributed by atoms with van der Waals surface area (Å²) in [4.78, 5) is 42.3. The molecular formula is C23H23N3O3S. The van der Waals surface area contributed by atoms with Crippen molar-refractivity contribution in [2.75, 3.05) is 10.2 Å². The maximum atomic E-state index is 12.4. The lowest BCUT2D eigenvalue weighted by Crippen LogP contribution is -2.29. The van der Waals surface area contributed by atoms with E-state index in [1.807, 2.05) is 25.1 Å². The molecule has 2 aromatic carbocycles. The van der Waals surface area contributed by atoms with Crippen LogP contribution in [0.25, 0.3) is 10.2 Å². The molecule has 30 heavy (non-hydrogen) atoms. The largest absolute Gasteiger partial charge is 0.326 e. The Bertz CT molecular complexity index is 1070. The summed E-state index contributed by atoms with van der Waals surface area (Å²) < 4.78 is 1.19. The molecule has 1 aromatic heterocycles. The first-order valence-corrected chi connectivity index (χ1v) is 10.9. The lowest BCUT2D eigenvalue weighted by atomic mass is 10.1. The van der Waals surface area contributed by atoms with Crippen LogP contribution in [0.15, 0.2) is 42.5 Å². The third-order valence-corrected chi connectivity index (χ3v) is 6.35. The molecule has 0 bridgehead atoms. The fourth-order valence-corrected chi connectivity index (χ4v) is 4.66. The molecule has 0 unspecified atom stereocenters. The standard InChI is InChI=1S/C23H23N3O3S/c1-15-16(8-6-9-18(15)26-22(28)13-14-23(26)29)24-20(27)11-4-5-12-21-25-17-7-2-3-10-19(17)30-21/h2-3,6-10H,4-5,11-14H2,1H3,(H,24,27). The number of nitrogens with zero attached hydrogens (tertiary/aromatic N) is 2. The van der Waals surface area contributed by atoms with Crippen LogP contribution in [0.1, 0.15) is 42.7 Å². The highest BCUT2D eigenvalue weighted by Gasteiger charge is 2.31. The van der Waals surface area contributed by atoms with E-state index < -0.39 is 0 Å². The molecule has 1 fully saturated rings. The van der Waals surface area contributed by atoms with Crippen molar-refractivity contribution in [2.24, 2.45) is 0 Å². The molecule has 2 heterocycles. The summed E-state index contributed by atoms with van der Waals surface area (Å²) in [5.41, 5.74) is 2.94. The van der Waals surface area contributed by atoms with Crippen LogP contribution in [0, 0.1) is 6.92 Å². The zero-order chi connectivity index (χ0) is 21.1. The van der Waals surface area contributed by atoms with Crippen LogP contribution in [0.4, 0.5) is 11.4 Å². The van der Waals surface area contributed by atoms with E-state index in [9.17, 15) is 14.4 Å². The number of thiazole rings is 1. The zero-order valence-corrected chi connectivity index (χ0v) is 17.6. The quantitative estimate of drug-likeness (QED) is 0.446. The van der Waals surface area contributed by atoms with E-state index in [0.29, 0.717) is 17.8 Å². The lowest BCUT2D eigenvalue weighted by Gasteiger charge is -2.19. The monoisotopic (exact) mass is 421 g/mol. The summed E-state index contributed by atoms with van der Waals surface area (Å²) in [6.45, 7) is 1.82. The van der Waals surface area contributed by atoms with E-state index in [-0.39, 0.29) is 30.6 Å². The Morgan fingerprint density at radius 1 is 1.07 bits per heavy atom. The smallest absolute Gasteiger partial charge is 0.234 e. The van der Waals surface area contributed by atoms with Crippen LogP contribution in [0.3, 0.4) is 0 Å².